The molecular weight excluding hydrogens is 306 g/mol. The molecule has 0 atom stereocenters. The Morgan fingerprint density at radius 2 is 2.00 bits per heavy atom. The molecule has 3 nitrogen and oxygen atoms in total. The van der Waals surface area contributed by atoms with Crippen LogP contribution in [0.1, 0.15) is 48.5 Å². The number of H-pyrrole nitrogens is 1. The zero-order valence-corrected chi connectivity index (χ0v) is 14.5. The summed E-state index contributed by atoms with van der Waals surface area (Å²) in [4.78, 5) is 16.0. The highest BCUT2D eigenvalue weighted by Crippen LogP contribution is 2.29. The van der Waals surface area contributed by atoms with Crippen molar-refractivity contribution in [3.05, 3.63) is 40.0 Å². The zero-order valence-electron chi connectivity index (χ0n) is 13.7. The molecule has 0 radical (unpaired) electrons. The molecule has 1 heterocycles. The third-order valence-corrected chi connectivity index (χ3v) is 5.33. The van der Waals surface area contributed by atoms with Crippen molar-refractivity contribution in [1.82, 2.24) is 4.98 Å². The second-order valence-electron chi connectivity index (χ2n) is 6.35. The van der Waals surface area contributed by atoms with Gasteiger partial charge in [-0.2, -0.15) is 0 Å². The summed E-state index contributed by atoms with van der Waals surface area (Å²) in [5, 5.41) is 1.06. The van der Waals surface area contributed by atoms with E-state index in [1.165, 1.54) is 0 Å². The summed E-state index contributed by atoms with van der Waals surface area (Å²) in [5.41, 5.74) is 2.93. The fraction of sp³-hybridized carbons (Fsp3) is 0.474. The number of aryl methyl sites for hydroxylation is 1. The topological polar surface area (TPSA) is 42.1 Å². The van der Waals surface area contributed by atoms with Crippen molar-refractivity contribution in [2.24, 2.45) is 5.92 Å². The number of fused-ring (bicyclic) bond motifs is 1. The average Bonchev–Trinajstić information content (AvgIpc) is 2.60. The number of benzene rings is 1. The van der Waals surface area contributed by atoms with Gasteiger partial charge in [0.05, 0.1) is 6.10 Å². The van der Waals surface area contributed by atoms with Crippen molar-refractivity contribution in [2.45, 2.75) is 45.1 Å². The summed E-state index contributed by atoms with van der Waals surface area (Å²) in [6, 6.07) is 8.00. The number of nitrogens with one attached hydrogen (secondary N) is 1. The molecule has 0 saturated heterocycles. The summed E-state index contributed by atoms with van der Waals surface area (Å²) < 4.78 is 6.18. The number of rotatable bonds is 4. The number of Topliss-reactive ketones (excluding diaryl/α,β-unsaturated/α-hetero) is 1. The van der Waals surface area contributed by atoms with Crippen LogP contribution < -0.4 is 0 Å². The van der Waals surface area contributed by atoms with Crippen LogP contribution >= 0.6 is 12.2 Å². The smallest absolute Gasteiger partial charge is 0.165 e. The predicted molar refractivity (Wildman–Crippen MR) is 95.6 cm³/mol. The summed E-state index contributed by atoms with van der Waals surface area (Å²) >= 11 is 5.35. The molecule has 1 N–H and O–H groups in total. The lowest BCUT2D eigenvalue weighted by Gasteiger charge is -2.26. The van der Waals surface area contributed by atoms with Gasteiger partial charge in [0.25, 0.3) is 0 Å². The third-order valence-electron chi connectivity index (χ3n) is 4.96. The van der Waals surface area contributed by atoms with Crippen LogP contribution in [0.3, 0.4) is 0 Å². The number of hydrogen-bond acceptors (Lipinski definition) is 3. The number of aromatic nitrogens is 1. The van der Waals surface area contributed by atoms with Crippen LogP contribution in [0.25, 0.3) is 10.9 Å². The van der Waals surface area contributed by atoms with Crippen molar-refractivity contribution in [2.75, 3.05) is 7.11 Å². The predicted octanol–water partition coefficient (Wildman–Crippen LogP) is 4.85. The summed E-state index contributed by atoms with van der Waals surface area (Å²) in [7, 11) is 1.76. The lowest BCUT2D eigenvalue weighted by Crippen LogP contribution is -2.25. The van der Waals surface area contributed by atoms with Gasteiger partial charge in [-0.25, -0.2) is 0 Å². The number of ketones is 1. The maximum Gasteiger partial charge on any atom is 0.165 e. The fourth-order valence-electron chi connectivity index (χ4n) is 3.46. The number of ether oxygens (including phenoxy) is 1. The quantitative estimate of drug-likeness (QED) is 0.644. The molecule has 0 bridgehead atoms. The second-order valence-corrected chi connectivity index (χ2v) is 6.76. The van der Waals surface area contributed by atoms with Crippen LogP contribution in [0.2, 0.25) is 0 Å². The Labute approximate surface area is 142 Å². The van der Waals surface area contributed by atoms with E-state index in [0.717, 1.165) is 58.8 Å². The standard InChI is InChI=1S/C19H23NO2S/c1-3-12-10-15-11-14(6-9-17(15)20-19(12)23)18(21)13-4-7-16(22-2)8-5-13/h6,9-11,13,16H,3-5,7-8H2,1-2H3,(H,20,23). The molecule has 0 spiro atoms. The van der Waals surface area contributed by atoms with Crippen LogP contribution in [0.4, 0.5) is 0 Å². The molecule has 1 aromatic carbocycles. The Balaban J connectivity index is 1.86. The second kappa shape index (κ2) is 6.93. The van der Waals surface area contributed by atoms with Gasteiger partial charge in [0.15, 0.2) is 5.78 Å². The molecule has 3 rings (SSSR count). The van der Waals surface area contributed by atoms with Crippen molar-refractivity contribution < 1.29 is 9.53 Å². The van der Waals surface area contributed by atoms with Crippen molar-refractivity contribution in [3.8, 4) is 0 Å². The van der Waals surface area contributed by atoms with Gasteiger partial charge in [-0.05, 0) is 67.3 Å². The summed E-state index contributed by atoms with van der Waals surface area (Å²) in [6.07, 6.45) is 5.02. The van der Waals surface area contributed by atoms with E-state index in [1.807, 2.05) is 18.2 Å². The largest absolute Gasteiger partial charge is 0.381 e. The highest BCUT2D eigenvalue weighted by atomic mass is 32.1. The van der Waals surface area contributed by atoms with Crippen LogP contribution in [0.15, 0.2) is 24.3 Å². The van der Waals surface area contributed by atoms with Gasteiger partial charge in [0.1, 0.15) is 4.64 Å². The van der Waals surface area contributed by atoms with Crippen molar-refractivity contribution >= 4 is 28.9 Å². The lowest BCUT2D eigenvalue weighted by molar-refractivity contribution is 0.0519. The van der Waals surface area contributed by atoms with E-state index in [0.29, 0.717) is 6.10 Å². The Morgan fingerprint density at radius 1 is 1.26 bits per heavy atom. The number of carbonyl (C=O) groups excluding carboxylic acids is 1. The maximum atomic E-state index is 12.8. The minimum atomic E-state index is 0.131. The highest BCUT2D eigenvalue weighted by molar-refractivity contribution is 7.71. The summed E-state index contributed by atoms with van der Waals surface area (Å²) in [6.45, 7) is 2.09. The van der Waals surface area contributed by atoms with Gasteiger partial charge in [0.2, 0.25) is 0 Å². The SMILES string of the molecule is CCc1cc2cc(C(=O)C3CCC(OC)CC3)ccc2[nH]c1=S. The average molecular weight is 329 g/mol. The van der Waals surface area contributed by atoms with Gasteiger partial charge in [-0.1, -0.05) is 19.1 Å². The first-order chi connectivity index (χ1) is 11.1. The Bertz CT molecular complexity index is 773. The first kappa shape index (κ1) is 16.3. The Hall–Kier alpha value is -1.52. The molecule has 4 heteroatoms. The minimum Gasteiger partial charge on any atom is -0.381 e. The highest BCUT2D eigenvalue weighted by Gasteiger charge is 2.26. The number of aromatic amines is 1. The molecule has 122 valence electrons. The van der Waals surface area contributed by atoms with Gasteiger partial charge in [0, 0.05) is 24.1 Å². The number of pyridine rings is 1. The molecule has 1 fully saturated rings. The van der Waals surface area contributed by atoms with Crippen LogP contribution in [-0.4, -0.2) is 24.0 Å². The van der Waals surface area contributed by atoms with E-state index >= 15 is 0 Å². The van der Waals surface area contributed by atoms with Crippen molar-refractivity contribution in [1.29, 1.82) is 0 Å². The normalized spacial score (nSPS) is 21.5. The van der Waals surface area contributed by atoms with Crippen LogP contribution in [0.5, 0.6) is 0 Å². The van der Waals surface area contributed by atoms with Crippen molar-refractivity contribution in [3.63, 3.8) is 0 Å². The lowest BCUT2D eigenvalue weighted by atomic mass is 9.82. The maximum absolute atomic E-state index is 12.8. The van der Waals surface area contributed by atoms with E-state index in [9.17, 15) is 4.79 Å². The molecule has 0 aliphatic heterocycles. The molecule has 2 aromatic rings. The number of methoxy groups -OCH3 is 1. The Morgan fingerprint density at radius 3 is 2.65 bits per heavy atom. The van der Waals surface area contributed by atoms with Gasteiger partial charge >= 0.3 is 0 Å². The summed E-state index contributed by atoms with van der Waals surface area (Å²) in [5.74, 6) is 0.397. The van der Waals surface area contributed by atoms with Gasteiger partial charge in [-0.3, -0.25) is 4.79 Å². The monoisotopic (exact) mass is 329 g/mol. The molecule has 1 saturated carbocycles. The molecule has 0 amide bonds. The fourth-order valence-corrected chi connectivity index (χ4v) is 3.78. The minimum absolute atomic E-state index is 0.131. The molecule has 1 aliphatic carbocycles. The van der Waals surface area contributed by atoms with E-state index in [4.69, 9.17) is 17.0 Å². The number of hydrogen-bond donors (Lipinski definition) is 1. The van der Waals surface area contributed by atoms with Crippen LogP contribution in [0, 0.1) is 10.6 Å². The van der Waals surface area contributed by atoms with E-state index in [1.54, 1.807) is 7.11 Å². The molecule has 1 aromatic heterocycles. The molecule has 23 heavy (non-hydrogen) atoms. The Kier molecular flexibility index (Phi) is 4.93. The van der Waals surface area contributed by atoms with Gasteiger partial charge < -0.3 is 9.72 Å². The first-order valence-electron chi connectivity index (χ1n) is 8.35. The van der Waals surface area contributed by atoms with Gasteiger partial charge in [-0.15, -0.1) is 0 Å². The van der Waals surface area contributed by atoms with Crippen LogP contribution in [-0.2, 0) is 11.2 Å². The van der Waals surface area contributed by atoms with E-state index in [-0.39, 0.29) is 11.7 Å². The first-order valence-corrected chi connectivity index (χ1v) is 8.76. The third kappa shape index (κ3) is 3.38. The molecular formula is C19H23NO2S. The zero-order chi connectivity index (χ0) is 16.4. The van der Waals surface area contributed by atoms with E-state index in [2.05, 4.69) is 18.0 Å². The van der Waals surface area contributed by atoms with E-state index < -0.39 is 0 Å². The number of carbonyl (C=O) groups is 1. The molecule has 1 aliphatic rings. The molecule has 0 unspecified atom stereocenters.